The monoisotopic (exact) mass is 251 g/mol. The number of aliphatic hydroxyl groups excluding tert-OH is 1. The standard InChI is InChI=1S/C13H11ClFNO/c1-8-2-3-10(7-16-8)13(17)9-4-5-11(14)12(15)6-9/h2-7,13,17H,1H3. The van der Waals surface area contributed by atoms with Gasteiger partial charge in [0.2, 0.25) is 0 Å². The van der Waals surface area contributed by atoms with E-state index in [1.165, 1.54) is 12.1 Å². The summed E-state index contributed by atoms with van der Waals surface area (Å²) in [4.78, 5) is 4.09. The normalized spacial score (nSPS) is 12.5. The smallest absolute Gasteiger partial charge is 0.142 e. The van der Waals surface area contributed by atoms with E-state index >= 15 is 0 Å². The Labute approximate surface area is 104 Å². The summed E-state index contributed by atoms with van der Waals surface area (Å²) in [6.07, 6.45) is 0.682. The second kappa shape index (κ2) is 4.82. The molecule has 0 radical (unpaired) electrons. The first kappa shape index (κ1) is 12.0. The molecule has 0 spiro atoms. The maximum atomic E-state index is 13.3. The third-order valence-electron chi connectivity index (χ3n) is 2.51. The highest BCUT2D eigenvalue weighted by atomic mass is 35.5. The SMILES string of the molecule is Cc1ccc(C(O)c2ccc(Cl)c(F)c2)cn1. The molecule has 2 aromatic rings. The first-order chi connectivity index (χ1) is 8.08. The van der Waals surface area contributed by atoms with Crippen molar-refractivity contribution in [2.45, 2.75) is 13.0 Å². The van der Waals surface area contributed by atoms with Gasteiger partial charge < -0.3 is 5.11 Å². The Hall–Kier alpha value is -1.45. The molecule has 0 saturated heterocycles. The summed E-state index contributed by atoms with van der Waals surface area (Å²) >= 11 is 5.58. The van der Waals surface area contributed by atoms with E-state index in [9.17, 15) is 9.50 Å². The zero-order valence-electron chi connectivity index (χ0n) is 9.19. The number of aliphatic hydroxyl groups is 1. The van der Waals surface area contributed by atoms with Crippen LogP contribution in [-0.4, -0.2) is 10.1 Å². The number of hydrogen-bond acceptors (Lipinski definition) is 2. The fourth-order valence-corrected chi connectivity index (χ4v) is 1.63. The first-order valence-electron chi connectivity index (χ1n) is 5.13. The van der Waals surface area contributed by atoms with Crippen LogP contribution >= 0.6 is 11.6 Å². The van der Waals surface area contributed by atoms with E-state index < -0.39 is 11.9 Å². The summed E-state index contributed by atoms with van der Waals surface area (Å²) in [7, 11) is 0. The van der Waals surface area contributed by atoms with Gasteiger partial charge >= 0.3 is 0 Å². The highest BCUT2D eigenvalue weighted by molar-refractivity contribution is 6.30. The minimum absolute atomic E-state index is 0.0444. The number of hydrogen-bond donors (Lipinski definition) is 1. The number of aromatic nitrogens is 1. The van der Waals surface area contributed by atoms with Gasteiger partial charge in [0.05, 0.1) is 5.02 Å². The lowest BCUT2D eigenvalue weighted by atomic mass is 10.0. The fourth-order valence-electron chi connectivity index (χ4n) is 1.52. The third-order valence-corrected chi connectivity index (χ3v) is 2.82. The van der Waals surface area contributed by atoms with E-state index in [1.54, 1.807) is 24.4 Å². The van der Waals surface area contributed by atoms with Crippen LogP contribution in [-0.2, 0) is 0 Å². The van der Waals surface area contributed by atoms with Crippen molar-refractivity contribution in [3.05, 3.63) is 64.2 Å². The predicted octanol–water partition coefficient (Wildman–Crippen LogP) is 3.26. The quantitative estimate of drug-likeness (QED) is 0.889. The Balaban J connectivity index is 2.33. The van der Waals surface area contributed by atoms with Gasteiger partial charge in [-0.15, -0.1) is 0 Å². The molecule has 1 unspecified atom stereocenters. The maximum Gasteiger partial charge on any atom is 0.142 e. The number of rotatable bonds is 2. The summed E-state index contributed by atoms with van der Waals surface area (Å²) in [6, 6.07) is 7.81. The lowest BCUT2D eigenvalue weighted by molar-refractivity contribution is 0.219. The van der Waals surface area contributed by atoms with E-state index in [0.29, 0.717) is 11.1 Å². The Morgan fingerprint density at radius 3 is 2.53 bits per heavy atom. The summed E-state index contributed by atoms with van der Waals surface area (Å²) in [5.74, 6) is -0.539. The molecule has 2 nitrogen and oxygen atoms in total. The van der Waals surface area contributed by atoms with Gasteiger partial charge in [0.15, 0.2) is 0 Å². The van der Waals surface area contributed by atoms with Crippen molar-refractivity contribution in [1.82, 2.24) is 4.98 Å². The van der Waals surface area contributed by atoms with Crippen LogP contribution in [0, 0.1) is 12.7 Å². The highest BCUT2D eigenvalue weighted by Gasteiger charge is 2.12. The predicted molar refractivity (Wildman–Crippen MR) is 64.4 cm³/mol. The summed E-state index contributed by atoms with van der Waals surface area (Å²) in [5, 5.41) is 10.1. The number of benzene rings is 1. The molecule has 0 aliphatic carbocycles. The van der Waals surface area contributed by atoms with E-state index in [0.717, 1.165) is 5.69 Å². The Bertz CT molecular complexity index is 527. The van der Waals surface area contributed by atoms with Gasteiger partial charge in [0.25, 0.3) is 0 Å². The molecule has 88 valence electrons. The van der Waals surface area contributed by atoms with Crippen molar-refractivity contribution in [3.8, 4) is 0 Å². The van der Waals surface area contributed by atoms with Gasteiger partial charge in [0, 0.05) is 17.5 Å². The molecule has 1 aromatic heterocycles. The number of pyridine rings is 1. The molecular weight excluding hydrogens is 241 g/mol. The summed E-state index contributed by atoms with van der Waals surface area (Å²) in [6.45, 7) is 1.86. The zero-order valence-corrected chi connectivity index (χ0v) is 9.95. The Morgan fingerprint density at radius 1 is 1.24 bits per heavy atom. The summed E-state index contributed by atoms with van der Waals surface area (Å²) < 4.78 is 13.3. The fraction of sp³-hybridized carbons (Fsp3) is 0.154. The van der Waals surface area contributed by atoms with E-state index in [-0.39, 0.29) is 5.02 Å². The third kappa shape index (κ3) is 2.62. The number of aryl methyl sites for hydroxylation is 1. The molecule has 1 aromatic carbocycles. The Kier molecular flexibility index (Phi) is 3.41. The van der Waals surface area contributed by atoms with E-state index in [1.807, 2.05) is 6.92 Å². The van der Waals surface area contributed by atoms with Crippen LogP contribution in [0.4, 0.5) is 4.39 Å². The van der Waals surface area contributed by atoms with Crippen molar-refractivity contribution < 1.29 is 9.50 Å². The molecule has 0 saturated carbocycles. The van der Waals surface area contributed by atoms with Gasteiger partial charge in [-0.05, 0) is 30.7 Å². The molecule has 4 heteroatoms. The average Bonchev–Trinajstić information content (AvgIpc) is 2.33. The molecule has 2 rings (SSSR count). The molecule has 1 atom stereocenters. The number of nitrogens with zero attached hydrogens (tertiary/aromatic N) is 1. The van der Waals surface area contributed by atoms with Crippen LogP contribution in [0.3, 0.4) is 0 Å². The maximum absolute atomic E-state index is 13.3. The van der Waals surface area contributed by atoms with Crippen LogP contribution < -0.4 is 0 Å². The minimum atomic E-state index is -0.894. The number of halogens is 2. The summed E-state index contributed by atoms with van der Waals surface area (Å²) in [5.41, 5.74) is 1.94. The van der Waals surface area contributed by atoms with Crippen molar-refractivity contribution >= 4 is 11.6 Å². The largest absolute Gasteiger partial charge is 0.384 e. The van der Waals surface area contributed by atoms with Crippen molar-refractivity contribution in [1.29, 1.82) is 0 Å². The van der Waals surface area contributed by atoms with Gasteiger partial charge in [-0.3, -0.25) is 4.98 Å². The topological polar surface area (TPSA) is 33.1 Å². The molecule has 0 fully saturated rings. The van der Waals surface area contributed by atoms with Crippen molar-refractivity contribution in [2.24, 2.45) is 0 Å². The molecular formula is C13H11ClFNO. The molecule has 0 aliphatic heterocycles. The first-order valence-corrected chi connectivity index (χ1v) is 5.51. The second-order valence-electron chi connectivity index (χ2n) is 3.81. The van der Waals surface area contributed by atoms with Crippen molar-refractivity contribution in [3.63, 3.8) is 0 Å². The molecule has 17 heavy (non-hydrogen) atoms. The zero-order chi connectivity index (χ0) is 12.4. The van der Waals surface area contributed by atoms with Gasteiger partial charge in [-0.1, -0.05) is 23.7 Å². The molecule has 0 amide bonds. The average molecular weight is 252 g/mol. The lowest BCUT2D eigenvalue weighted by Crippen LogP contribution is -2.01. The van der Waals surface area contributed by atoms with Crippen LogP contribution in [0.5, 0.6) is 0 Å². The second-order valence-corrected chi connectivity index (χ2v) is 4.22. The van der Waals surface area contributed by atoms with E-state index in [2.05, 4.69) is 4.98 Å². The molecule has 1 heterocycles. The Morgan fingerprint density at radius 2 is 1.94 bits per heavy atom. The van der Waals surface area contributed by atoms with Gasteiger partial charge in [0.1, 0.15) is 11.9 Å². The molecule has 0 aliphatic rings. The molecule has 1 N–H and O–H groups in total. The van der Waals surface area contributed by atoms with Gasteiger partial charge in [-0.2, -0.15) is 0 Å². The van der Waals surface area contributed by atoms with E-state index in [4.69, 9.17) is 11.6 Å². The van der Waals surface area contributed by atoms with Crippen LogP contribution in [0.25, 0.3) is 0 Å². The highest BCUT2D eigenvalue weighted by Crippen LogP contribution is 2.24. The van der Waals surface area contributed by atoms with Crippen LogP contribution in [0.1, 0.15) is 22.9 Å². The molecule has 0 bridgehead atoms. The van der Waals surface area contributed by atoms with Crippen LogP contribution in [0.15, 0.2) is 36.5 Å². The van der Waals surface area contributed by atoms with Crippen LogP contribution in [0.2, 0.25) is 5.02 Å². The lowest BCUT2D eigenvalue weighted by Gasteiger charge is -2.11. The van der Waals surface area contributed by atoms with Gasteiger partial charge in [-0.25, -0.2) is 4.39 Å². The minimum Gasteiger partial charge on any atom is -0.384 e. The van der Waals surface area contributed by atoms with Crippen molar-refractivity contribution in [2.75, 3.05) is 0 Å².